The predicted octanol–water partition coefficient (Wildman–Crippen LogP) is 2.83. The van der Waals surface area contributed by atoms with Gasteiger partial charge in [-0.2, -0.15) is 5.10 Å². The lowest BCUT2D eigenvalue weighted by molar-refractivity contribution is 0.948. The van der Waals surface area contributed by atoms with Gasteiger partial charge in [0.25, 0.3) is 0 Å². The molecule has 0 atom stereocenters. The maximum Gasteiger partial charge on any atom is 0.155 e. The van der Waals surface area contributed by atoms with Crippen molar-refractivity contribution in [3.63, 3.8) is 0 Å². The van der Waals surface area contributed by atoms with Crippen molar-refractivity contribution in [1.29, 1.82) is 0 Å². The molecule has 90 valence electrons. The summed E-state index contributed by atoms with van der Waals surface area (Å²) >= 11 is 0. The van der Waals surface area contributed by atoms with E-state index in [9.17, 15) is 0 Å². The molecule has 2 heterocycles. The summed E-state index contributed by atoms with van der Waals surface area (Å²) in [5.41, 5.74) is 4.16. The minimum absolute atomic E-state index is 0.862. The second-order valence-electron chi connectivity index (χ2n) is 4.04. The number of nitrogens with zero attached hydrogens (tertiary/aromatic N) is 3. The molecule has 18 heavy (non-hydrogen) atoms. The van der Waals surface area contributed by atoms with Crippen LogP contribution in [0.5, 0.6) is 0 Å². The third-order valence-corrected chi connectivity index (χ3v) is 2.83. The van der Waals surface area contributed by atoms with Gasteiger partial charge in [-0.05, 0) is 25.1 Å². The lowest BCUT2D eigenvalue weighted by Gasteiger charge is -2.07. The van der Waals surface area contributed by atoms with Crippen molar-refractivity contribution < 1.29 is 0 Å². The van der Waals surface area contributed by atoms with Crippen LogP contribution in [0.1, 0.15) is 6.92 Å². The average Bonchev–Trinajstić information content (AvgIpc) is 2.87. The Bertz CT molecular complexity index is 672. The lowest BCUT2D eigenvalue weighted by Crippen LogP contribution is -1.98. The van der Waals surface area contributed by atoms with Crippen molar-refractivity contribution >= 4 is 11.3 Å². The Morgan fingerprint density at radius 3 is 3.00 bits per heavy atom. The van der Waals surface area contributed by atoms with Crippen LogP contribution in [0.15, 0.2) is 48.8 Å². The molecule has 3 aromatic rings. The maximum atomic E-state index is 4.30. The van der Waals surface area contributed by atoms with Crippen molar-refractivity contribution in [2.75, 3.05) is 11.9 Å². The first-order valence-electron chi connectivity index (χ1n) is 6.01. The summed E-state index contributed by atoms with van der Waals surface area (Å²) in [7, 11) is 0. The quantitative estimate of drug-likeness (QED) is 0.763. The van der Waals surface area contributed by atoms with Crippen molar-refractivity contribution in [1.82, 2.24) is 14.6 Å². The third kappa shape index (κ3) is 1.82. The van der Waals surface area contributed by atoms with Gasteiger partial charge in [0.05, 0.1) is 11.9 Å². The largest absolute Gasteiger partial charge is 0.385 e. The zero-order valence-electron chi connectivity index (χ0n) is 10.2. The SMILES string of the molecule is CCNc1cccc(-c2ccnc3ccnn23)c1. The highest BCUT2D eigenvalue weighted by atomic mass is 15.2. The minimum atomic E-state index is 0.862. The molecule has 0 aliphatic carbocycles. The van der Waals surface area contributed by atoms with E-state index in [1.54, 1.807) is 6.20 Å². The Labute approximate surface area is 105 Å². The first-order valence-corrected chi connectivity index (χ1v) is 6.01. The normalized spacial score (nSPS) is 10.7. The Morgan fingerprint density at radius 1 is 1.17 bits per heavy atom. The molecule has 0 fully saturated rings. The summed E-state index contributed by atoms with van der Waals surface area (Å²) in [6.07, 6.45) is 3.58. The Hall–Kier alpha value is -2.36. The van der Waals surface area contributed by atoms with E-state index < -0.39 is 0 Å². The molecule has 1 N–H and O–H groups in total. The summed E-state index contributed by atoms with van der Waals surface area (Å²) < 4.78 is 1.85. The Morgan fingerprint density at radius 2 is 2.11 bits per heavy atom. The number of hydrogen-bond acceptors (Lipinski definition) is 3. The van der Waals surface area contributed by atoms with Crippen LogP contribution in [0.2, 0.25) is 0 Å². The van der Waals surface area contributed by atoms with Gasteiger partial charge in [0, 0.05) is 30.1 Å². The summed E-state index contributed by atoms with van der Waals surface area (Å²) in [5.74, 6) is 0. The second-order valence-corrected chi connectivity index (χ2v) is 4.04. The molecule has 0 amide bonds. The Kier molecular flexibility index (Phi) is 2.68. The molecule has 0 spiro atoms. The van der Waals surface area contributed by atoms with Gasteiger partial charge in [-0.3, -0.25) is 0 Å². The van der Waals surface area contributed by atoms with E-state index >= 15 is 0 Å². The van der Waals surface area contributed by atoms with E-state index in [2.05, 4.69) is 40.5 Å². The molecule has 3 rings (SSSR count). The minimum Gasteiger partial charge on any atom is -0.385 e. The Balaban J connectivity index is 2.13. The first kappa shape index (κ1) is 10.8. The van der Waals surface area contributed by atoms with Gasteiger partial charge in [-0.15, -0.1) is 0 Å². The van der Waals surface area contributed by atoms with Gasteiger partial charge in [0.2, 0.25) is 0 Å². The second kappa shape index (κ2) is 4.49. The van der Waals surface area contributed by atoms with Crippen LogP contribution in [0.3, 0.4) is 0 Å². The zero-order chi connectivity index (χ0) is 12.4. The fraction of sp³-hybridized carbons (Fsp3) is 0.143. The standard InChI is InChI=1S/C14H14N4/c1-2-15-12-5-3-4-11(10-12)13-6-8-16-14-7-9-17-18(13)14/h3-10,15H,2H2,1H3. The van der Waals surface area contributed by atoms with Crippen LogP contribution in [0.25, 0.3) is 16.9 Å². The molecule has 4 heteroatoms. The smallest absolute Gasteiger partial charge is 0.155 e. The molecule has 2 aromatic heterocycles. The van der Waals surface area contributed by atoms with Crippen LogP contribution in [-0.4, -0.2) is 21.1 Å². The van der Waals surface area contributed by atoms with Crippen molar-refractivity contribution in [2.24, 2.45) is 0 Å². The third-order valence-electron chi connectivity index (χ3n) is 2.83. The van der Waals surface area contributed by atoms with E-state index in [1.165, 1.54) is 0 Å². The number of nitrogens with one attached hydrogen (secondary N) is 1. The van der Waals surface area contributed by atoms with E-state index in [0.717, 1.165) is 29.1 Å². The fourth-order valence-electron chi connectivity index (χ4n) is 2.05. The van der Waals surface area contributed by atoms with E-state index in [0.29, 0.717) is 0 Å². The topological polar surface area (TPSA) is 42.2 Å². The highest BCUT2D eigenvalue weighted by Crippen LogP contribution is 2.22. The van der Waals surface area contributed by atoms with Gasteiger partial charge in [-0.25, -0.2) is 9.50 Å². The maximum absolute atomic E-state index is 4.30. The number of aromatic nitrogens is 3. The lowest BCUT2D eigenvalue weighted by atomic mass is 10.1. The molecule has 0 unspecified atom stereocenters. The monoisotopic (exact) mass is 238 g/mol. The van der Waals surface area contributed by atoms with E-state index in [1.807, 2.05) is 28.9 Å². The molecule has 1 aromatic carbocycles. The van der Waals surface area contributed by atoms with Crippen LogP contribution in [0.4, 0.5) is 5.69 Å². The van der Waals surface area contributed by atoms with Crippen LogP contribution in [-0.2, 0) is 0 Å². The molecule has 0 saturated heterocycles. The summed E-state index contributed by atoms with van der Waals surface area (Å²) in [5, 5.41) is 7.62. The number of rotatable bonds is 3. The van der Waals surface area contributed by atoms with Gasteiger partial charge in [-0.1, -0.05) is 12.1 Å². The van der Waals surface area contributed by atoms with Crippen molar-refractivity contribution in [3.8, 4) is 11.3 Å². The van der Waals surface area contributed by atoms with E-state index in [-0.39, 0.29) is 0 Å². The van der Waals surface area contributed by atoms with Gasteiger partial charge >= 0.3 is 0 Å². The van der Waals surface area contributed by atoms with Crippen molar-refractivity contribution in [2.45, 2.75) is 6.92 Å². The van der Waals surface area contributed by atoms with E-state index in [4.69, 9.17) is 0 Å². The van der Waals surface area contributed by atoms with Gasteiger partial charge in [0.1, 0.15) is 0 Å². The fourth-order valence-corrected chi connectivity index (χ4v) is 2.05. The molecule has 0 bridgehead atoms. The van der Waals surface area contributed by atoms with Gasteiger partial charge < -0.3 is 5.32 Å². The molecule has 0 aliphatic heterocycles. The van der Waals surface area contributed by atoms with Crippen LogP contribution < -0.4 is 5.32 Å². The van der Waals surface area contributed by atoms with Crippen LogP contribution >= 0.6 is 0 Å². The number of hydrogen-bond donors (Lipinski definition) is 1. The number of benzene rings is 1. The number of anilines is 1. The molecular formula is C14H14N4. The number of fused-ring (bicyclic) bond motifs is 1. The molecule has 0 aliphatic rings. The predicted molar refractivity (Wildman–Crippen MR) is 72.6 cm³/mol. The molecular weight excluding hydrogens is 224 g/mol. The summed E-state index contributed by atoms with van der Waals surface area (Å²) in [6, 6.07) is 12.2. The average molecular weight is 238 g/mol. The summed E-state index contributed by atoms with van der Waals surface area (Å²) in [4.78, 5) is 4.27. The van der Waals surface area contributed by atoms with Gasteiger partial charge in [0.15, 0.2) is 5.65 Å². The van der Waals surface area contributed by atoms with Crippen molar-refractivity contribution in [3.05, 3.63) is 48.8 Å². The molecule has 4 nitrogen and oxygen atoms in total. The van der Waals surface area contributed by atoms with Crippen LogP contribution in [0, 0.1) is 0 Å². The summed E-state index contributed by atoms with van der Waals surface area (Å²) in [6.45, 7) is 3.00. The first-order chi connectivity index (χ1) is 8.88. The molecule has 0 radical (unpaired) electrons. The molecule has 0 saturated carbocycles. The zero-order valence-corrected chi connectivity index (χ0v) is 10.2. The highest BCUT2D eigenvalue weighted by Gasteiger charge is 2.05. The highest BCUT2D eigenvalue weighted by molar-refractivity contribution is 5.66.